The van der Waals surface area contributed by atoms with E-state index in [-0.39, 0.29) is 10.5 Å². The van der Waals surface area contributed by atoms with Gasteiger partial charge >= 0.3 is 5.97 Å². The Bertz CT molecular complexity index is 554. The number of sulfonamides is 1. The molecule has 0 saturated carbocycles. The Balaban J connectivity index is 3.13. The van der Waals surface area contributed by atoms with Gasteiger partial charge in [-0.25, -0.2) is 17.5 Å². The molecule has 0 bridgehead atoms. The molecule has 0 amide bonds. The van der Waals surface area contributed by atoms with Crippen molar-refractivity contribution in [2.45, 2.75) is 4.90 Å². The maximum atomic E-state index is 11.8. The molecule has 90 valence electrons. The first-order valence-electron chi connectivity index (χ1n) is 4.57. The molecule has 1 rings (SSSR count). The van der Waals surface area contributed by atoms with Crippen molar-refractivity contribution in [3.8, 4) is 12.5 Å². The Morgan fingerprint density at radius 3 is 2.29 bits per heavy atom. The van der Waals surface area contributed by atoms with E-state index < -0.39 is 16.0 Å². The highest BCUT2D eigenvalue weighted by Crippen LogP contribution is 2.14. The topological polar surface area (TPSA) is 63.7 Å². The van der Waals surface area contributed by atoms with Crippen molar-refractivity contribution in [3.05, 3.63) is 29.8 Å². The lowest BCUT2D eigenvalue weighted by Crippen LogP contribution is -2.21. The molecule has 0 radical (unpaired) electrons. The van der Waals surface area contributed by atoms with Crippen molar-refractivity contribution in [1.29, 1.82) is 0 Å². The first-order valence-corrected chi connectivity index (χ1v) is 6.01. The molecule has 1 aromatic carbocycles. The van der Waals surface area contributed by atoms with Crippen LogP contribution in [0.15, 0.2) is 29.2 Å². The molecular weight excluding hydrogens is 242 g/mol. The second-order valence-electron chi connectivity index (χ2n) is 3.12. The van der Waals surface area contributed by atoms with Gasteiger partial charge in [-0.15, -0.1) is 0 Å². The number of esters is 1. The summed E-state index contributed by atoms with van der Waals surface area (Å²) in [5.41, 5.74) is 0.273. The molecule has 0 heterocycles. The average molecular weight is 253 g/mol. The van der Waals surface area contributed by atoms with Gasteiger partial charge < -0.3 is 4.74 Å². The highest BCUT2D eigenvalue weighted by molar-refractivity contribution is 7.89. The molecule has 0 atom stereocenters. The van der Waals surface area contributed by atoms with E-state index in [1.165, 1.54) is 38.4 Å². The van der Waals surface area contributed by atoms with E-state index in [0.29, 0.717) is 0 Å². The Morgan fingerprint density at radius 2 is 1.88 bits per heavy atom. The summed E-state index contributed by atoms with van der Waals surface area (Å²) in [6.07, 6.45) is 5.02. The number of nitrogens with zero attached hydrogens (tertiary/aromatic N) is 1. The van der Waals surface area contributed by atoms with E-state index >= 15 is 0 Å². The van der Waals surface area contributed by atoms with Crippen LogP contribution in [-0.4, -0.2) is 32.8 Å². The monoisotopic (exact) mass is 253 g/mol. The number of carbonyl (C=O) groups excluding carboxylic acids is 1. The third-order valence-corrected chi connectivity index (χ3v) is 3.81. The maximum Gasteiger partial charge on any atom is 0.337 e. The van der Waals surface area contributed by atoms with E-state index in [9.17, 15) is 13.2 Å². The third kappa shape index (κ3) is 2.57. The predicted molar refractivity (Wildman–Crippen MR) is 61.6 cm³/mol. The van der Waals surface area contributed by atoms with Crippen molar-refractivity contribution in [1.82, 2.24) is 4.31 Å². The molecule has 5 nitrogen and oxygen atoms in total. The average Bonchev–Trinajstić information content (AvgIpc) is 2.36. The minimum atomic E-state index is -3.69. The molecule has 0 aliphatic rings. The third-order valence-electron chi connectivity index (χ3n) is 2.12. The van der Waals surface area contributed by atoms with Crippen molar-refractivity contribution in [2.24, 2.45) is 0 Å². The van der Waals surface area contributed by atoms with Gasteiger partial charge in [-0.05, 0) is 24.3 Å². The smallest absolute Gasteiger partial charge is 0.337 e. The fraction of sp³-hybridized carbons (Fsp3) is 0.182. The molecule has 0 aliphatic carbocycles. The van der Waals surface area contributed by atoms with Gasteiger partial charge in [0.15, 0.2) is 0 Å². The zero-order chi connectivity index (χ0) is 13.1. The minimum Gasteiger partial charge on any atom is -0.465 e. The van der Waals surface area contributed by atoms with Crippen LogP contribution in [0.1, 0.15) is 10.4 Å². The first kappa shape index (κ1) is 13.1. The van der Waals surface area contributed by atoms with Crippen molar-refractivity contribution in [3.63, 3.8) is 0 Å². The number of benzene rings is 1. The number of rotatable bonds is 3. The zero-order valence-electron chi connectivity index (χ0n) is 9.38. The molecule has 0 N–H and O–H groups in total. The van der Waals surface area contributed by atoms with E-state index in [0.717, 1.165) is 4.31 Å². The van der Waals surface area contributed by atoms with Gasteiger partial charge in [-0.1, -0.05) is 6.42 Å². The number of hydrogen-bond acceptors (Lipinski definition) is 4. The summed E-state index contributed by atoms with van der Waals surface area (Å²) in [5.74, 6) is -0.528. The Hall–Kier alpha value is -2.00. The van der Waals surface area contributed by atoms with E-state index in [2.05, 4.69) is 4.74 Å². The summed E-state index contributed by atoms with van der Waals surface area (Å²) in [5, 5.41) is 0. The van der Waals surface area contributed by atoms with Gasteiger partial charge in [0.25, 0.3) is 10.0 Å². The van der Waals surface area contributed by atoms with Gasteiger partial charge in [0.05, 0.1) is 17.6 Å². The van der Waals surface area contributed by atoms with Crippen LogP contribution in [0.5, 0.6) is 0 Å². The van der Waals surface area contributed by atoms with Crippen LogP contribution in [0, 0.1) is 12.5 Å². The van der Waals surface area contributed by atoms with Crippen LogP contribution in [0.2, 0.25) is 0 Å². The molecule has 17 heavy (non-hydrogen) atoms. The van der Waals surface area contributed by atoms with Gasteiger partial charge in [-0.3, -0.25) is 0 Å². The normalized spacial score (nSPS) is 10.4. The molecule has 0 fully saturated rings. The summed E-state index contributed by atoms with van der Waals surface area (Å²) < 4.78 is 28.8. The Labute approximate surface area is 100 Å². The minimum absolute atomic E-state index is 0.0191. The fourth-order valence-corrected chi connectivity index (χ4v) is 2.04. The van der Waals surface area contributed by atoms with Gasteiger partial charge in [0, 0.05) is 13.1 Å². The number of hydrogen-bond donors (Lipinski definition) is 0. The summed E-state index contributed by atoms with van der Waals surface area (Å²) in [6.45, 7) is 0. The first-order chi connectivity index (χ1) is 7.93. The van der Waals surface area contributed by atoms with Crippen LogP contribution in [0.4, 0.5) is 0 Å². The lowest BCUT2D eigenvalue weighted by atomic mass is 10.2. The number of methoxy groups -OCH3 is 1. The lowest BCUT2D eigenvalue weighted by molar-refractivity contribution is 0.0600. The zero-order valence-corrected chi connectivity index (χ0v) is 10.2. The van der Waals surface area contributed by atoms with E-state index in [1.807, 2.05) is 6.04 Å². The molecule has 0 saturated heterocycles. The number of ether oxygens (including phenoxy) is 1. The van der Waals surface area contributed by atoms with Crippen LogP contribution < -0.4 is 0 Å². The van der Waals surface area contributed by atoms with Crippen LogP contribution in [-0.2, 0) is 14.8 Å². The van der Waals surface area contributed by atoms with Crippen LogP contribution >= 0.6 is 0 Å². The van der Waals surface area contributed by atoms with Crippen LogP contribution in [0.3, 0.4) is 0 Å². The second kappa shape index (κ2) is 4.89. The lowest BCUT2D eigenvalue weighted by Gasteiger charge is -2.11. The van der Waals surface area contributed by atoms with Crippen molar-refractivity contribution in [2.75, 3.05) is 14.2 Å². The molecule has 0 aliphatic heterocycles. The van der Waals surface area contributed by atoms with E-state index in [4.69, 9.17) is 6.42 Å². The standard InChI is InChI=1S/C11H11NO4S/c1-4-12(2)17(14,15)10-7-5-9(6-8-10)11(13)16-3/h1,5-8H,2-3H3. The fourth-order valence-electron chi connectivity index (χ4n) is 1.11. The van der Waals surface area contributed by atoms with Crippen molar-refractivity contribution < 1.29 is 17.9 Å². The highest BCUT2D eigenvalue weighted by atomic mass is 32.2. The highest BCUT2D eigenvalue weighted by Gasteiger charge is 2.18. The Morgan fingerprint density at radius 1 is 1.35 bits per heavy atom. The predicted octanol–water partition coefficient (Wildman–Crippen LogP) is 0.684. The number of carbonyl (C=O) groups is 1. The number of terminal acetylenes is 1. The SMILES string of the molecule is C#CN(C)S(=O)(=O)c1ccc(C(=O)OC)cc1. The van der Waals surface area contributed by atoms with Crippen molar-refractivity contribution >= 4 is 16.0 Å². The summed E-state index contributed by atoms with van der Waals surface area (Å²) >= 11 is 0. The molecule has 0 unspecified atom stereocenters. The molecule has 1 aromatic rings. The Kier molecular flexibility index (Phi) is 3.76. The van der Waals surface area contributed by atoms with Crippen LogP contribution in [0.25, 0.3) is 0 Å². The quantitative estimate of drug-likeness (QED) is 0.451. The summed E-state index contributed by atoms with van der Waals surface area (Å²) in [4.78, 5) is 11.2. The summed E-state index contributed by atoms with van der Waals surface area (Å²) in [6, 6.07) is 7.34. The second-order valence-corrected chi connectivity index (χ2v) is 5.09. The largest absolute Gasteiger partial charge is 0.465 e. The van der Waals surface area contributed by atoms with Gasteiger partial charge in [0.2, 0.25) is 0 Å². The molecule has 6 heteroatoms. The summed E-state index contributed by atoms with van der Waals surface area (Å²) in [7, 11) is -1.18. The van der Waals surface area contributed by atoms with Gasteiger partial charge in [-0.2, -0.15) is 0 Å². The maximum absolute atomic E-state index is 11.8. The van der Waals surface area contributed by atoms with E-state index in [1.54, 1.807) is 0 Å². The molecule has 0 spiro atoms. The molecule has 0 aromatic heterocycles. The van der Waals surface area contributed by atoms with Gasteiger partial charge in [0.1, 0.15) is 0 Å². The molecular formula is C11H11NO4S.